The minimum absolute atomic E-state index is 0.227. The van der Waals surface area contributed by atoms with Gasteiger partial charge in [0.2, 0.25) is 0 Å². The molecule has 2 aromatic rings. The van der Waals surface area contributed by atoms with Crippen LogP contribution in [-0.2, 0) is 21.4 Å². The van der Waals surface area contributed by atoms with Gasteiger partial charge in [-0.1, -0.05) is 15.9 Å². The molecule has 0 fully saturated rings. The molecule has 0 saturated carbocycles. The summed E-state index contributed by atoms with van der Waals surface area (Å²) in [6, 6.07) is 3.81. The van der Waals surface area contributed by atoms with Crippen molar-refractivity contribution in [3.05, 3.63) is 40.9 Å². The second-order valence-electron chi connectivity index (χ2n) is 4.00. The first-order valence-corrected chi connectivity index (χ1v) is 7.78. The van der Waals surface area contributed by atoms with E-state index in [-0.39, 0.29) is 10.6 Å². The number of hydrogen-bond donors (Lipinski definition) is 2. The number of sulfonamides is 1. The van der Waals surface area contributed by atoms with Crippen LogP contribution in [-0.4, -0.2) is 29.3 Å². The topological polar surface area (TPSA) is 101 Å². The van der Waals surface area contributed by atoms with E-state index in [1.165, 1.54) is 12.1 Å². The fourth-order valence-corrected chi connectivity index (χ4v) is 2.86. The lowest BCUT2D eigenvalue weighted by Gasteiger charge is -2.07. The molecule has 2 N–H and O–H groups in total. The van der Waals surface area contributed by atoms with E-state index < -0.39 is 28.4 Å². The van der Waals surface area contributed by atoms with Crippen LogP contribution in [0.3, 0.4) is 0 Å². The Balaban J connectivity index is 2.28. The van der Waals surface area contributed by atoms with Crippen LogP contribution >= 0.6 is 15.9 Å². The van der Waals surface area contributed by atoms with E-state index in [4.69, 9.17) is 5.11 Å². The first-order valence-electron chi connectivity index (χ1n) is 5.50. The van der Waals surface area contributed by atoms with Crippen molar-refractivity contribution < 1.29 is 22.7 Å². The Morgan fingerprint density at radius 3 is 2.86 bits per heavy atom. The van der Waals surface area contributed by atoms with Crippen LogP contribution in [0.25, 0.3) is 0 Å². The maximum atomic E-state index is 13.5. The standard InChI is InChI=1S/C11H9BrFN3O4S/c12-7-1-2-9(13)10(3-7)15-21(19,20)8-4-14-16(5-8)6-11(17)18/h1-5,15H,6H2,(H,17,18). The molecule has 1 aromatic heterocycles. The Labute approximate surface area is 127 Å². The Bertz CT molecular complexity index is 791. The molecule has 0 amide bonds. The van der Waals surface area contributed by atoms with Gasteiger partial charge in [-0.05, 0) is 18.2 Å². The molecule has 21 heavy (non-hydrogen) atoms. The van der Waals surface area contributed by atoms with E-state index in [1.807, 2.05) is 0 Å². The Morgan fingerprint density at radius 2 is 2.19 bits per heavy atom. The number of nitrogens with zero attached hydrogens (tertiary/aromatic N) is 2. The molecule has 112 valence electrons. The third kappa shape index (κ3) is 3.79. The van der Waals surface area contributed by atoms with Crippen molar-refractivity contribution in [2.24, 2.45) is 0 Å². The van der Waals surface area contributed by atoms with Crippen molar-refractivity contribution in [2.45, 2.75) is 11.4 Å². The average molecular weight is 378 g/mol. The van der Waals surface area contributed by atoms with Gasteiger partial charge in [-0.3, -0.25) is 14.2 Å². The van der Waals surface area contributed by atoms with Gasteiger partial charge in [0.25, 0.3) is 10.0 Å². The summed E-state index contributed by atoms with van der Waals surface area (Å²) in [5.41, 5.74) is -0.227. The van der Waals surface area contributed by atoms with Crippen molar-refractivity contribution in [3.8, 4) is 0 Å². The Hall–Kier alpha value is -1.94. The molecule has 7 nitrogen and oxygen atoms in total. The highest BCUT2D eigenvalue weighted by atomic mass is 79.9. The van der Waals surface area contributed by atoms with E-state index >= 15 is 0 Å². The molecular formula is C11H9BrFN3O4S. The van der Waals surface area contributed by atoms with E-state index in [9.17, 15) is 17.6 Å². The Kier molecular flexibility index (Phi) is 4.28. The highest BCUT2D eigenvalue weighted by Gasteiger charge is 2.19. The van der Waals surface area contributed by atoms with Crippen molar-refractivity contribution >= 4 is 37.6 Å². The fourth-order valence-electron chi connectivity index (χ4n) is 1.49. The van der Waals surface area contributed by atoms with E-state index in [0.29, 0.717) is 4.47 Å². The summed E-state index contributed by atoms with van der Waals surface area (Å²) in [4.78, 5) is 10.3. The molecule has 0 unspecified atom stereocenters. The summed E-state index contributed by atoms with van der Waals surface area (Å²) >= 11 is 3.11. The zero-order valence-corrected chi connectivity index (χ0v) is 12.7. The first kappa shape index (κ1) is 15.4. The molecule has 10 heteroatoms. The van der Waals surface area contributed by atoms with Crippen molar-refractivity contribution in [1.29, 1.82) is 0 Å². The quantitative estimate of drug-likeness (QED) is 0.824. The molecule has 1 heterocycles. The number of carboxylic acid groups (broad SMARTS) is 1. The van der Waals surface area contributed by atoms with Gasteiger partial charge in [0.15, 0.2) is 0 Å². The molecule has 0 bridgehead atoms. The average Bonchev–Trinajstić information content (AvgIpc) is 2.82. The number of rotatable bonds is 5. The lowest BCUT2D eigenvalue weighted by atomic mass is 10.3. The molecule has 0 aliphatic rings. The molecule has 0 radical (unpaired) electrons. The van der Waals surface area contributed by atoms with Crippen molar-refractivity contribution in [1.82, 2.24) is 9.78 Å². The van der Waals surface area contributed by atoms with E-state index in [1.54, 1.807) is 0 Å². The lowest BCUT2D eigenvalue weighted by Crippen LogP contribution is -2.14. The van der Waals surface area contributed by atoms with E-state index in [2.05, 4.69) is 25.8 Å². The molecular weight excluding hydrogens is 369 g/mol. The van der Waals surface area contributed by atoms with Gasteiger partial charge < -0.3 is 5.11 Å². The van der Waals surface area contributed by atoms with Crippen LogP contribution in [0, 0.1) is 5.82 Å². The molecule has 0 aliphatic heterocycles. The number of halogens is 2. The third-order valence-corrected chi connectivity index (χ3v) is 4.20. The largest absolute Gasteiger partial charge is 0.480 e. The molecule has 0 atom stereocenters. The Morgan fingerprint density at radius 1 is 1.48 bits per heavy atom. The summed E-state index contributed by atoms with van der Waals surface area (Å²) in [5.74, 6) is -1.90. The number of carbonyl (C=O) groups is 1. The van der Waals surface area contributed by atoms with Gasteiger partial charge in [-0.25, -0.2) is 12.8 Å². The van der Waals surface area contributed by atoms with Gasteiger partial charge in [-0.2, -0.15) is 5.10 Å². The highest BCUT2D eigenvalue weighted by molar-refractivity contribution is 9.10. The van der Waals surface area contributed by atoms with Crippen molar-refractivity contribution in [2.75, 3.05) is 4.72 Å². The fraction of sp³-hybridized carbons (Fsp3) is 0.0909. The summed E-state index contributed by atoms with van der Waals surface area (Å²) in [5, 5.41) is 12.2. The minimum atomic E-state index is -4.05. The predicted molar refractivity (Wildman–Crippen MR) is 74.8 cm³/mol. The number of carboxylic acids is 1. The number of benzene rings is 1. The molecule has 0 saturated heterocycles. The minimum Gasteiger partial charge on any atom is -0.480 e. The van der Waals surface area contributed by atoms with Crippen LogP contribution in [0.5, 0.6) is 0 Å². The first-order chi connectivity index (χ1) is 9.78. The molecule has 0 spiro atoms. The van der Waals surface area contributed by atoms with Crippen LogP contribution in [0.1, 0.15) is 0 Å². The van der Waals surface area contributed by atoms with Crippen LogP contribution in [0.2, 0.25) is 0 Å². The molecule has 0 aliphatic carbocycles. The SMILES string of the molecule is O=C(O)Cn1cc(S(=O)(=O)Nc2cc(Br)ccc2F)cn1. The van der Waals surface area contributed by atoms with Gasteiger partial charge in [0.1, 0.15) is 17.3 Å². The monoisotopic (exact) mass is 377 g/mol. The van der Waals surface area contributed by atoms with Crippen LogP contribution < -0.4 is 4.72 Å². The van der Waals surface area contributed by atoms with Crippen molar-refractivity contribution in [3.63, 3.8) is 0 Å². The summed E-state index contributed by atoms with van der Waals surface area (Å²) in [6.07, 6.45) is 2.04. The zero-order valence-electron chi connectivity index (χ0n) is 10.3. The second-order valence-corrected chi connectivity index (χ2v) is 6.60. The molecule has 2 rings (SSSR count). The normalized spacial score (nSPS) is 11.3. The highest BCUT2D eigenvalue weighted by Crippen LogP contribution is 2.23. The van der Waals surface area contributed by atoms with Gasteiger partial charge in [0.05, 0.1) is 11.9 Å². The lowest BCUT2D eigenvalue weighted by molar-refractivity contribution is -0.137. The summed E-state index contributed by atoms with van der Waals surface area (Å²) < 4.78 is 41.2. The number of aliphatic carboxylic acids is 1. The zero-order chi connectivity index (χ0) is 15.6. The number of anilines is 1. The van der Waals surface area contributed by atoms with Crippen LogP contribution in [0.4, 0.5) is 10.1 Å². The summed E-state index contributed by atoms with van der Waals surface area (Å²) in [6.45, 7) is -0.471. The maximum absolute atomic E-state index is 13.5. The van der Waals surface area contributed by atoms with Gasteiger partial charge >= 0.3 is 5.97 Å². The predicted octanol–water partition coefficient (Wildman–Crippen LogP) is 1.67. The third-order valence-electron chi connectivity index (χ3n) is 2.39. The number of aromatic nitrogens is 2. The maximum Gasteiger partial charge on any atom is 0.325 e. The second kappa shape index (κ2) is 5.82. The van der Waals surface area contributed by atoms with Gasteiger partial charge in [0, 0.05) is 10.7 Å². The smallest absolute Gasteiger partial charge is 0.325 e. The van der Waals surface area contributed by atoms with Gasteiger partial charge in [-0.15, -0.1) is 0 Å². The summed E-state index contributed by atoms with van der Waals surface area (Å²) in [7, 11) is -4.05. The van der Waals surface area contributed by atoms with Crippen LogP contribution in [0.15, 0.2) is 40.0 Å². The molecule has 1 aromatic carbocycles. The van der Waals surface area contributed by atoms with E-state index in [0.717, 1.165) is 23.1 Å². The number of hydrogen-bond acceptors (Lipinski definition) is 4. The number of nitrogens with one attached hydrogen (secondary N) is 1.